The summed E-state index contributed by atoms with van der Waals surface area (Å²) in [5.74, 6) is 3.25. The molecule has 0 spiro atoms. The summed E-state index contributed by atoms with van der Waals surface area (Å²) < 4.78 is 11.2. The topological polar surface area (TPSA) is 61.5 Å². The van der Waals surface area contributed by atoms with Gasteiger partial charge in [0.05, 0.1) is 17.7 Å². The van der Waals surface area contributed by atoms with Gasteiger partial charge in [0.25, 0.3) is 0 Å². The van der Waals surface area contributed by atoms with Crippen molar-refractivity contribution in [1.82, 2.24) is 9.27 Å². The van der Waals surface area contributed by atoms with Gasteiger partial charge < -0.3 is 9.64 Å². The van der Waals surface area contributed by atoms with Crippen molar-refractivity contribution in [3.63, 3.8) is 0 Å². The molecule has 4 saturated carbocycles. The monoisotopic (exact) mass is 448 g/mol. The minimum atomic E-state index is 0.104. The number of ether oxygens (including phenoxy) is 1. The van der Waals surface area contributed by atoms with E-state index in [0.717, 1.165) is 52.6 Å². The summed E-state index contributed by atoms with van der Waals surface area (Å²) in [4.78, 5) is 6.66. The molecule has 4 fully saturated rings. The zero-order valence-electron chi connectivity index (χ0n) is 19.5. The number of nitrogens with zero attached hydrogens (tertiary/aromatic N) is 4. The maximum Gasteiger partial charge on any atom is 0.218 e. The van der Waals surface area contributed by atoms with Gasteiger partial charge >= 0.3 is 0 Å². The molecule has 6 rings (SSSR count). The fourth-order valence-corrected chi connectivity index (χ4v) is 7.39. The molecule has 168 valence electrons. The Kier molecular flexibility index (Phi) is 5.49. The molecule has 32 heavy (non-hydrogen) atoms. The Balaban J connectivity index is 1.43. The van der Waals surface area contributed by atoms with E-state index < -0.39 is 0 Å². The first kappa shape index (κ1) is 21.5. The molecule has 0 unspecified atom stereocenters. The summed E-state index contributed by atoms with van der Waals surface area (Å²) in [5, 5.41) is 10.7. The molecule has 2 aromatic rings. The SMILES string of the molecule is CCN(C)/C=N\c1cc(C)c(Oc2snc(C34CC5CC(CC(C5)C3)C4)c2C#N)cc1C. The van der Waals surface area contributed by atoms with E-state index in [4.69, 9.17) is 9.11 Å². The average molecular weight is 449 g/mol. The molecule has 4 bridgehead atoms. The first-order valence-corrected chi connectivity index (χ1v) is 12.6. The van der Waals surface area contributed by atoms with Crippen molar-refractivity contribution >= 4 is 23.6 Å². The minimum Gasteiger partial charge on any atom is -0.443 e. The first-order chi connectivity index (χ1) is 15.4. The summed E-state index contributed by atoms with van der Waals surface area (Å²) >= 11 is 1.35. The molecule has 0 N–H and O–H groups in total. The molecule has 0 radical (unpaired) electrons. The largest absolute Gasteiger partial charge is 0.443 e. The van der Waals surface area contributed by atoms with E-state index in [9.17, 15) is 5.26 Å². The maximum absolute atomic E-state index is 10.1. The quantitative estimate of drug-likeness (QED) is 0.374. The van der Waals surface area contributed by atoms with Crippen LogP contribution in [0.5, 0.6) is 10.8 Å². The molecule has 1 heterocycles. The Morgan fingerprint density at radius 3 is 2.44 bits per heavy atom. The van der Waals surface area contributed by atoms with Crippen molar-refractivity contribution in [1.29, 1.82) is 5.26 Å². The maximum atomic E-state index is 10.1. The van der Waals surface area contributed by atoms with E-state index in [1.807, 2.05) is 38.2 Å². The number of aryl methyl sites for hydroxylation is 2. The Morgan fingerprint density at radius 2 is 1.84 bits per heavy atom. The Bertz CT molecular complexity index is 1060. The third kappa shape index (κ3) is 3.71. The number of rotatable bonds is 6. The molecule has 0 amide bonds. The van der Waals surface area contributed by atoms with Gasteiger partial charge in [0, 0.05) is 30.5 Å². The third-order valence-corrected chi connectivity index (χ3v) is 8.63. The van der Waals surface area contributed by atoms with E-state index in [-0.39, 0.29) is 5.41 Å². The van der Waals surface area contributed by atoms with Crippen LogP contribution in [0.4, 0.5) is 5.69 Å². The van der Waals surface area contributed by atoms with Crippen LogP contribution in [0.3, 0.4) is 0 Å². The lowest BCUT2D eigenvalue weighted by atomic mass is 9.48. The summed E-state index contributed by atoms with van der Waals surface area (Å²) in [6.07, 6.45) is 9.62. The van der Waals surface area contributed by atoms with Crippen molar-refractivity contribution in [3.05, 3.63) is 34.5 Å². The second-order valence-electron chi connectivity index (χ2n) is 10.3. The summed E-state index contributed by atoms with van der Waals surface area (Å²) in [5.41, 5.74) is 4.80. The number of hydrogen-bond donors (Lipinski definition) is 0. The molecule has 0 saturated heterocycles. The van der Waals surface area contributed by atoms with Crippen molar-refractivity contribution < 1.29 is 4.74 Å². The lowest BCUT2D eigenvalue weighted by Crippen LogP contribution is -2.49. The zero-order valence-corrected chi connectivity index (χ0v) is 20.3. The Hall–Kier alpha value is -2.39. The van der Waals surface area contributed by atoms with Crippen LogP contribution in [-0.4, -0.2) is 29.2 Å². The van der Waals surface area contributed by atoms with Crippen LogP contribution in [-0.2, 0) is 5.41 Å². The minimum absolute atomic E-state index is 0.104. The lowest BCUT2D eigenvalue weighted by molar-refractivity contribution is -0.00693. The summed E-state index contributed by atoms with van der Waals surface area (Å²) in [6.45, 7) is 7.09. The summed E-state index contributed by atoms with van der Waals surface area (Å²) in [6, 6.07) is 6.55. The van der Waals surface area contributed by atoms with Gasteiger partial charge in [-0.2, -0.15) is 9.64 Å². The van der Waals surface area contributed by atoms with Crippen LogP contribution in [0.25, 0.3) is 0 Å². The van der Waals surface area contributed by atoms with Crippen LogP contribution < -0.4 is 4.74 Å². The average Bonchev–Trinajstić information content (AvgIpc) is 3.17. The number of aliphatic imine (C=N–C) groups is 1. The molecule has 4 aliphatic rings. The van der Waals surface area contributed by atoms with Crippen molar-refractivity contribution in [2.24, 2.45) is 22.7 Å². The molecule has 1 aromatic carbocycles. The van der Waals surface area contributed by atoms with E-state index >= 15 is 0 Å². The van der Waals surface area contributed by atoms with Gasteiger partial charge in [0.1, 0.15) is 17.4 Å². The molecule has 6 heteroatoms. The van der Waals surface area contributed by atoms with E-state index in [1.54, 1.807) is 0 Å². The molecule has 0 atom stereocenters. The number of aromatic nitrogens is 1. The van der Waals surface area contributed by atoms with Gasteiger partial charge in [-0.25, -0.2) is 4.99 Å². The highest BCUT2D eigenvalue weighted by Crippen LogP contribution is 2.61. The van der Waals surface area contributed by atoms with Gasteiger partial charge in [0.2, 0.25) is 5.06 Å². The van der Waals surface area contributed by atoms with E-state index in [2.05, 4.69) is 24.1 Å². The fourth-order valence-electron chi connectivity index (χ4n) is 6.57. The second kappa shape index (κ2) is 8.19. The van der Waals surface area contributed by atoms with Crippen LogP contribution in [0.15, 0.2) is 17.1 Å². The number of hydrogen-bond acceptors (Lipinski definition) is 5. The smallest absolute Gasteiger partial charge is 0.218 e. The first-order valence-electron chi connectivity index (χ1n) is 11.8. The van der Waals surface area contributed by atoms with Gasteiger partial charge in [-0.3, -0.25) is 0 Å². The van der Waals surface area contributed by atoms with Crippen LogP contribution in [0, 0.1) is 42.9 Å². The molecule has 1 aromatic heterocycles. The van der Waals surface area contributed by atoms with E-state index in [1.165, 1.54) is 50.1 Å². The van der Waals surface area contributed by atoms with E-state index in [0.29, 0.717) is 10.6 Å². The predicted octanol–water partition coefficient (Wildman–Crippen LogP) is 6.50. The van der Waals surface area contributed by atoms with Crippen LogP contribution in [0.1, 0.15) is 67.8 Å². The van der Waals surface area contributed by atoms with Crippen molar-refractivity contribution in [3.8, 4) is 16.9 Å². The highest BCUT2D eigenvalue weighted by Gasteiger charge is 2.53. The van der Waals surface area contributed by atoms with Gasteiger partial charge in [-0.1, -0.05) is 0 Å². The second-order valence-corrected chi connectivity index (χ2v) is 11.1. The van der Waals surface area contributed by atoms with Crippen molar-refractivity contribution in [2.45, 2.75) is 64.7 Å². The molecular weight excluding hydrogens is 416 g/mol. The Labute approximate surface area is 195 Å². The van der Waals surface area contributed by atoms with Gasteiger partial charge in [0.15, 0.2) is 0 Å². The third-order valence-electron chi connectivity index (χ3n) is 7.90. The Morgan fingerprint density at radius 1 is 1.19 bits per heavy atom. The molecule has 5 nitrogen and oxygen atoms in total. The predicted molar refractivity (Wildman–Crippen MR) is 129 cm³/mol. The van der Waals surface area contributed by atoms with Gasteiger partial charge in [-0.05, 0) is 100 Å². The highest BCUT2D eigenvalue weighted by atomic mass is 32.1. The fraction of sp³-hybridized carbons (Fsp3) is 0.577. The van der Waals surface area contributed by atoms with Crippen LogP contribution in [0.2, 0.25) is 0 Å². The van der Waals surface area contributed by atoms with Crippen LogP contribution >= 0.6 is 11.5 Å². The molecule has 4 aliphatic carbocycles. The highest BCUT2D eigenvalue weighted by molar-refractivity contribution is 7.08. The molecule has 0 aliphatic heterocycles. The van der Waals surface area contributed by atoms with Crippen molar-refractivity contribution in [2.75, 3.05) is 13.6 Å². The number of nitriles is 1. The standard InChI is InChI=1S/C26H32N4OS/c1-5-30(4)15-28-22-6-17(3)23(7-16(22)2)31-25-21(14-27)24(29-32-25)26-11-18-8-19(12-26)10-20(9-18)13-26/h6-7,15,18-20H,5,8-13H2,1-4H3/b28-15-. The number of benzene rings is 1. The van der Waals surface area contributed by atoms with Gasteiger partial charge in [-0.15, -0.1) is 0 Å². The zero-order chi connectivity index (χ0) is 22.5. The normalized spacial score (nSPS) is 28.3. The molecular formula is C26H32N4OS. The summed E-state index contributed by atoms with van der Waals surface area (Å²) in [7, 11) is 2.01. The lowest BCUT2D eigenvalue weighted by Gasteiger charge is -2.56.